The number of carbonyl (C=O) groups is 1. The Labute approximate surface area is 116 Å². The lowest BCUT2D eigenvalue weighted by atomic mass is 9.89. The number of hydrogen-bond acceptors (Lipinski definition) is 1. The second-order valence-electron chi connectivity index (χ2n) is 5.89. The third kappa shape index (κ3) is 1.18. The minimum absolute atomic E-state index is 0.305. The van der Waals surface area contributed by atoms with Crippen LogP contribution in [0, 0.1) is 11.3 Å². The van der Waals surface area contributed by atoms with Gasteiger partial charge in [0.15, 0.2) is 0 Å². The molecule has 2 unspecified atom stereocenters. The van der Waals surface area contributed by atoms with Crippen molar-refractivity contribution >= 4 is 29.2 Å². The van der Waals surface area contributed by atoms with Gasteiger partial charge >= 0.3 is 5.97 Å². The Kier molecular flexibility index (Phi) is 2.21. The van der Waals surface area contributed by atoms with Gasteiger partial charge in [0, 0.05) is 5.41 Å². The van der Waals surface area contributed by atoms with Gasteiger partial charge in [-0.3, -0.25) is 4.79 Å². The van der Waals surface area contributed by atoms with Crippen LogP contribution in [0.15, 0.2) is 24.3 Å². The van der Waals surface area contributed by atoms with Crippen LogP contribution in [0.1, 0.15) is 31.4 Å². The lowest BCUT2D eigenvalue weighted by Crippen LogP contribution is -2.15. The summed E-state index contributed by atoms with van der Waals surface area (Å²) < 4.78 is -0.974. The molecule has 0 saturated heterocycles. The first-order chi connectivity index (χ1) is 8.25. The third-order valence-electron chi connectivity index (χ3n) is 4.83. The molecule has 96 valence electrons. The van der Waals surface area contributed by atoms with E-state index in [-0.39, 0.29) is 5.41 Å². The summed E-state index contributed by atoms with van der Waals surface area (Å²) in [4.78, 5) is 11.5. The summed E-state index contributed by atoms with van der Waals surface area (Å²) in [7, 11) is 0. The Bertz CT molecular complexity index is 550. The van der Waals surface area contributed by atoms with Gasteiger partial charge in [-0.25, -0.2) is 0 Å². The van der Waals surface area contributed by atoms with Gasteiger partial charge in [0.05, 0.1) is 5.92 Å². The molecule has 3 rings (SSSR count). The van der Waals surface area contributed by atoms with E-state index in [1.54, 1.807) is 0 Å². The number of carboxylic acid groups (broad SMARTS) is 1. The molecule has 0 aliphatic heterocycles. The quantitative estimate of drug-likeness (QED) is 0.799. The van der Waals surface area contributed by atoms with E-state index in [1.165, 1.54) is 0 Å². The van der Waals surface area contributed by atoms with Crippen molar-refractivity contribution in [3.63, 3.8) is 0 Å². The molecule has 0 bridgehead atoms. The molecule has 2 aliphatic rings. The molecular weight excluding hydrogens is 271 g/mol. The number of benzene rings is 1. The topological polar surface area (TPSA) is 37.3 Å². The van der Waals surface area contributed by atoms with Gasteiger partial charge in [0.2, 0.25) is 0 Å². The summed E-state index contributed by atoms with van der Waals surface area (Å²) in [5, 5.41) is 9.42. The summed E-state index contributed by atoms with van der Waals surface area (Å²) in [6.45, 7) is 3.97. The minimum atomic E-state index is -0.974. The normalized spacial score (nSPS) is 34.3. The first-order valence-corrected chi connectivity index (χ1v) is 6.71. The summed E-state index contributed by atoms with van der Waals surface area (Å²) in [6, 6.07) is 7.68. The maximum absolute atomic E-state index is 11.5. The largest absolute Gasteiger partial charge is 0.481 e. The number of aliphatic carboxylic acids is 1. The maximum atomic E-state index is 11.5. The second kappa shape index (κ2) is 3.23. The summed E-state index contributed by atoms with van der Waals surface area (Å²) >= 11 is 12.8. The van der Waals surface area contributed by atoms with Crippen molar-refractivity contribution in [2.75, 3.05) is 0 Å². The molecule has 1 saturated carbocycles. The number of carboxylic acids is 1. The Hall–Kier alpha value is -0.730. The number of fused-ring (bicyclic) bond motifs is 2. The highest BCUT2D eigenvalue weighted by molar-refractivity contribution is 6.48. The summed E-state index contributed by atoms with van der Waals surface area (Å²) in [6.07, 6.45) is 0.479. The molecule has 18 heavy (non-hydrogen) atoms. The van der Waals surface area contributed by atoms with Crippen molar-refractivity contribution in [1.29, 1.82) is 0 Å². The van der Waals surface area contributed by atoms with E-state index in [9.17, 15) is 9.90 Å². The van der Waals surface area contributed by atoms with E-state index in [1.807, 2.05) is 38.1 Å². The molecular formula is C14H14Cl2O2. The van der Waals surface area contributed by atoms with E-state index >= 15 is 0 Å². The lowest BCUT2D eigenvalue weighted by molar-refractivity contribution is -0.139. The van der Waals surface area contributed by atoms with Gasteiger partial charge in [-0.05, 0) is 23.0 Å². The molecule has 1 aromatic carbocycles. The van der Waals surface area contributed by atoms with Crippen LogP contribution in [-0.4, -0.2) is 11.1 Å². The standard InChI is InChI=1S/C14H14Cl2O2/c1-12(2)10(11(17)18)13(12)7-14(15,16)9-6-4-3-5-8(9)13/h3-6,10H,7H2,1-2H3,(H,17,18). The molecule has 2 atom stereocenters. The van der Waals surface area contributed by atoms with Crippen LogP contribution in [0.5, 0.6) is 0 Å². The molecule has 2 aliphatic carbocycles. The predicted octanol–water partition coefficient (Wildman–Crippen LogP) is 3.70. The van der Waals surface area contributed by atoms with E-state index in [4.69, 9.17) is 23.2 Å². The Balaban J connectivity index is 2.22. The van der Waals surface area contributed by atoms with Gasteiger partial charge in [-0.15, -0.1) is 0 Å². The number of hydrogen-bond donors (Lipinski definition) is 1. The van der Waals surface area contributed by atoms with Gasteiger partial charge < -0.3 is 5.11 Å². The van der Waals surface area contributed by atoms with Gasteiger partial charge in [0.1, 0.15) is 4.33 Å². The smallest absolute Gasteiger partial charge is 0.308 e. The fourth-order valence-electron chi connectivity index (χ4n) is 3.94. The molecule has 2 nitrogen and oxygen atoms in total. The number of alkyl halides is 2. The van der Waals surface area contributed by atoms with Crippen LogP contribution < -0.4 is 0 Å². The highest BCUT2D eigenvalue weighted by Crippen LogP contribution is 2.77. The zero-order valence-corrected chi connectivity index (χ0v) is 11.7. The van der Waals surface area contributed by atoms with Crippen LogP contribution in [0.25, 0.3) is 0 Å². The maximum Gasteiger partial charge on any atom is 0.308 e. The molecule has 0 heterocycles. The van der Waals surface area contributed by atoms with Gasteiger partial charge in [0.25, 0.3) is 0 Å². The van der Waals surface area contributed by atoms with Crippen LogP contribution in [-0.2, 0) is 14.5 Å². The molecule has 1 aromatic rings. The van der Waals surface area contributed by atoms with Crippen LogP contribution in [0.2, 0.25) is 0 Å². The average molecular weight is 285 g/mol. The van der Waals surface area contributed by atoms with Crippen LogP contribution in [0.3, 0.4) is 0 Å². The summed E-state index contributed by atoms with van der Waals surface area (Å²) in [5.74, 6) is -1.17. The molecule has 1 fully saturated rings. The van der Waals surface area contributed by atoms with E-state index < -0.39 is 21.6 Å². The molecule has 0 radical (unpaired) electrons. The van der Waals surface area contributed by atoms with E-state index in [0.29, 0.717) is 6.42 Å². The second-order valence-corrected chi connectivity index (χ2v) is 7.38. The van der Waals surface area contributed by atoms with E-state index in [2.05, 4.69) is 0 Å². The van der Waals surface area contributed by atoms with Crippen LogP contribution >= 0.6 is 23.2 Å². The highest BCUT2D eigenvalue weighted by Gasteiger charge is 2.79. The highest BCUT2D eigenvalue weighted by atomic mass is 35.5. The molecule has 4 heteroatoms. The van der Waals surface area contributed by atoms with Gasteiger partial charge in [-0.1, -0.05) is 61.3 Å². The first kappa shape index (κ1) is 12.3. The Morgan fingerprint density at radius 1 is 1.28 bits per heavy atom. The van der Waals surface area contributed by atoms with Gasteiger partial charge in [-0.2, -0.15) is 0 Å². The van der Waals surface area contributed by atoms with Crippen molar-refractivity contribution in [2.24, 2.45) is 11.3 Å². The van der Waals surface area contributed by atoms with Crippen LogP contribution in [0.4, 0.5) is 0 Å². The van der Waals surface area contributed by atoms with Crippen molar-refractivity contribution in [1.82, 2.24) is 0 Å². The fraction of sp³-hybridized carbons (Fsp3) is 0.500. The third-order valence-corrected chi connectivity index (χ3v) is 5.50. The summed E-state index contributed by atoms with van der Waals surface area (Å²) in [5.41, 5.74) is 1.15. The molecule has 1 N–H and O–H groups in total. The lowest BCUT2D eigenvalue weighted by Gasteiger charge is -2.16. The number of halogens is 2. The zero-order chi connectivity index (χ0) is 13.3. The van der Waals surface area contributed by atoms with Crippen molar-refractivity contribution < 1.29 is 9.90 Å². The van der Waals surface area contributed by atoms with Crippen molar-refractivity contribution in [3.8, 4) is 0 Å². The Morgan fingerprint density at radius 3 is 2.33 bits per heavy atom. The van der Waals surface area contributed by atoms with E-state index in [0.717, 1.165) is 11.1 Å². The minimum Gasteiger partial charge on any atom is -0.481 e. The first-order valence-electron chi connectivity index (χ1n) is 5.96. The van der Waals surface area contributed by atoms with Crippen molar-refractivity contribution in [3.05, 3.63) is 35.4 Å². The SMILES string of the molecule is CC1(C)C(C(=O)O)C12CC(Cl)(Cl)c1ccccc12. The molecule has 1 spiro atoms. The average Bonchev–Trinajstić information content (AvgIpc) is 2.62. The monoisotopic (exact) mass is 284 g/mol. The zero-order valence-electron chi connectivity index (χ0n) is 10.2. The molecule has 0 aromatic heterocycles. The van der Waals surface area contributed by atoms with Crippen molar-refractivity contribution in [2.45, 2.75) is 30.0 Å². The fourth-order valence-corrected chi connectivity index (χ4v) is 4.69. The Morgan fingerprint density at radius 2 is 1.83 bits per heavy atom. The molecule has 0 amide bonds. The number of rotatable bonds is 1. The predicted molar refractivity (Wildman–Crippen MR) is 71.0 cm³/mol.